The van der Waals surface area contributed by atoms with Crippen LogP contribution in [0.1, 0.15) is 23.5 Å². The van der Waals surface area contributed by atoms with Gasteiger partial charge in [-0.3, -0.25) is 0 Å². The first-order valence-corrected chi connectivity index (χ1v) is 6.60. The first-order valence-electron chi connectivity index (χ1n) is 5.41. The topological polar surface area (TPSA) is 29.5 Å². The second-order valence-electron chi connectivity index (χ2n) is 3.86. The minimum absolute atomic E-state index is 0.170. The molecule has 0 radical (unpaired) electrons. The van der Waals surface area contributed by atoms with Crippen molar-refractivity contribution in [3.05, 3.63) is 50.9 Å². The maximum absolute atomic E-state index is 13.7. The number of thiophene rings is 1. The Kier molecular flexibility index (Phi) is 4.22. The van der Waals surface area contributed by atoms with E-state index in [0.29, 0.717) is 9.90 Å². The molecule has 1 atom stereocenters. The van der Waals surface area contributed by atoms with E-state index in [4.69, 9.17) is 16.3 Å². The molecule has 1 heterocycles. The van der Waals surface area contributed by atoms with Gasteiger partial charge in [0.2, 0.25) is 0 Å². The summed E-state index contributed by atoms with van der Waals surface area (Å²) in [4.78, 5) is 0.930. The first-order chi connectivity index (χ1) is 8.56. The first kappa shape index (κ1) is 13.3. The summed E-state index contributed by atoms with van der Waals surface area (Å²) in [7, 11) is 0. The van der Waals surface area contributed by atoms with Gasteiger partial charge in [-0.2, -0.15) is 0 Å². The number of ether oxygens (including phenoxy) is 1. The Balaban J connectivity index is 2.05. The largest absolute Gasteiger partial charge is 0.485 e. The Bertz CT molecular complexity index is 540. The van der Waals surface area contributed by atoms with Crippen LogP contribution in [-0.2, 0) is 6.61 Å². The lowest BCUT2D eigenvalue weighted by atomic mass is 10.1. The molecule has 0 aliphatic heterocycles. The highest BCUT2D eigenvalue weighted by Gasteiger charge is 2.08. The van der Waals surface area contributed by atoms with Gasteiger partial charge >= 0.3 is 0 Å². The minimum atomic E-state index is -0.690. The van der Waals surface area contributed by atoms with E-state index >= 15 is 0 Å². The molecular formula is C13H12ClFO2S. The van der Waals surface area contributed by atoms with Crippen molar-refractivity contribution < 1.29 is 14.2 Å². The van der Waals surface area contributed by atoms with Crippen molar-refractivity contribution in [1.82, 2.24) is 0 Å². The molecule has 96 valence electrons. The Morgan fingerprint density at radius 3 is 2.72 bits per heavy atom. The van der Waals surface area contributed by atoms with Crippen molar-refractivity contribution in [2.75, 3.05) is 0 Å². The highest BCUT2D eigenvalue weighted by Crippen LogP contribution is 2.25. The average Bonchev–Trinajstić information content (AvgIpc) is 2.73. The molecule has 0 aliphatic rings. The van der Waals surface area contributed by atoms with Gasteiger partial charge in [-0.1, -0.05) is 17.7 Å². The Labute approximate surface area is 114 Å². The van der Waals surface area contributed by atoms with E-state index < -0.39 is 11.9 Å². The van der Waals surface area contributed by atoms with Crippen LogP contribution in [0.4, 0.5) is 4.39 Å². The molecule has 2 nitrogen and oxygen atoms in total. The molecule has 0 saturated heterocycles. The fraction of sp³-hybridized carbons (Fsp3) is 0.231. The number of hydrogen-bond donors (Lipinski definition) is 1. The van der Waals surface area contributed by atoms with Crippen molar-refractivity contribution in [2.24, 2.45) is 0 Å². The molecule has 0 amide bonds. The predicted octanol–water partition coefficient (Wildman–Crippen LogP) is 4.17. The number of aliphatic hydroxyl groups excluding tert-OH is 1. The van der Waals surface area contributed by atoms with Crippen LogP contribution in [-0.4, -0.2) is 5.11 Å². The molecule has 0 unspecified atom stereocenters. The van der Waals surface area contributed by atoms with Crippen LogP contribution in [0, 0.1) is 5.82 Å². The van der Waals surface area contributed by atoms with Gasteiger partial charge < -0.3 is 9.84 Å². The van der Waals surface area contributed by atoms with Crippen LogP contribution in [0.3, 0.4) is 0 Å². The Morgan fingerprint density at radius 1 is 1.39 bits per heavy atom. The van der Waals surface area contributed by atoms with Crippen molar-refractivity contribution in [3.8, 4) is 5.75 Å². The zero-order chi connectivity index (χ0) is 13.1. The molecule has 2 rings (SSSR count). The van der Waals surface area contributed by atoms with Gasteiger partial charge in [0.1, 0.15) is 6.61 Å². The lowest BCUT2D eigenvalue weighted by Crippen LogP contribution is -1.98. The van der Waals surface area contributed by atoms with E-state index in [1.54, 1.807) is 19.1 Å². The van der Waals surface area contributed by atoms with Crippen molar-refractivity contribution in [3.63, 3.8) is 0 Å². The predicted molar refractivity (Wildman–Crippen MR) is 70.7 cm³/mol. The molecule has 5 heteroatoms. The summed E-state index contributed by atoms with van der Waals surface area (Å²) >= 11 is 7.19. The lowest BCUT2D eigenvalue weighted by Gasteiger charge is -2.09. The zero-order valence-electron chi connectivity index (χ0n) is 9.69. The maximum Gasteiger partial charge on any atom is 0.165 e. The Hall–Kier alpha value is -1.10. The normalized spacial score (nSPS) is 12.4. The van der Waals surface area contributed by atoms with Gasteiger partial charge in [-0.05, 0) is 36.8 Å². The second-order valence-corrected chi connectivity index (χ2v) is 5.66. The molecule has 1 aromatic carbocycles. The fourth-order valence-electron chi connectivity index (χ4n) is 1.47. The third kappa shape index (κ3) is 3.22. The molecule has 0 aliphatic carbocycles. The van der Waals surface area contributed by atoms with Gasteiger partial charge in [0.25, 0.3) is 0 Å². The van der Waals surface area contributed by atoms with Crippen molar-refractivity contribution >= 4 is 22.9 Å². The van der Waals surface area contributed by atoms with Gasteiger partial charge in [0.15, 0.2) is 11.6 Å². The summed E-state index contributed by atoms with van der Waals surface area (Å²) in [5.74, 6) is -0.306. The molecule has 18 heavy (non-hydrogen) atoms. The van der Waals surface area contributed by atoms with Crippen LogP contribution in [0.15, 0.2) is 30.3 Å². The number of rotatable bonds is 4. The van der Waals surface area contributed by atoms with Gasteiger partial charge in [-0.25, -0.2) is 4.39 Å². The Morgan fingerprint density at radius 2 is 2.17 bits per heavy atom. The number of hydrogen-bond acceptors (Lipinski definition) is 3. The van der Waals surface area contributed by atoms with Gasteiger partial charge in [-0.15, -0.1) is 11.3 Å². The summed E-state index contributed by atoms with van der Waals surface area (Å²) in [6.45, 7) is 1.87. The van der Waals surface area contributed by atoms with Crippen LogP contribution < -0.4 is 4.74 Å². The number of halogens is 2. The van der Waals surface area contributed by atoms with E-state index in [-0.39, 0.29) is 12.4 Å². The summed E-state index contributed by atoms with van der Waals surface area (Å²) in [5, 5.41) is 9.33. The van der Waals surface area contributed by atoms with E-state index in [2.05, 4.69) is 0 Å². The standard InChI is InChI=1S/C13H12ClFO2S/c1-8(16)9-2-4-12(11(15)6-9)17-7-10-3-5-13(14)18-10/h2-6,8,16H,7H2,1H3/t8-/m0/s1. The summed E-state index contributed by atoms with van der Waals surface area (Å²) in [5.41, 5.74) is 0.527. The third-order valence-corrected chi connectivity index (χ3v) is 3.64. The fourth-order valence-corrected chi connectivity index (χ4v) is 2.47. The molecule has 0 saturated carbocycles. The maximum atomic E-state index is 13.7. The SMILES string of the molecule is C[C@H](O)c1ccc(OCc2ccc(Cl)s2)c(F)c1. The molecule has 1 aromatic heterocycles. The molecular weight excluding hydrogens is 275 g/mol. The third-order valence-electron chi connectivity index (χ3n) is 2.44. The minimum Gasteiger partial charge on any atom is -0.485 e. The molecule has 0 bridgehead atoms. The van der Waals surface area contributed by atoms with Crippen LogP contribution in [0.2, 0.25) is 4.34 Å². The zero-order valence-corrected chi connectivity index (χ0v) is 11.3. The van der Waals surface area contributed by atoms with Crippen LogP contribution in [0.5, 0.6) is 5.75 Å². The molecule has 1 N–H and O–H groups in total. The van der Waals surface area contributed by atoms with E-state index in [9.17, 15) is 9.50 Å². The van der Waals surface area contributed by atoms with Crippen molar-refractivity contribution in [1.29, 1.82) is 0 Å². The summed E-state index contributed by atoms with van der Waals surface area (Å²) < 4.78 is 19.7. The lowest BCUT2D eigenvalue weighted by molar-refractivity contribution is 0.198. The monoisotopic (exact) mass is 286 g/mol. The summed E-state index contributed by atoms with van der Waals surface area (Å²) in [6, 6.07) is 8.06. The number of aliphatic hydroxyl groups is 1. The van der Waals surface area contributed by atoms with Crippen molar-refractivity contribution in [2.45, 2.75) is 19.6 Å². The molecule has 0 spiro atoms. The van der Waals surface area contributed by atoms with E-state index in [1.807, 2.05) is 6.07 Å². The smallest absolute Gasteiger partial charge is 0.165 e. The molecule has 2 aromatic rings. The van der Waals surface area contributed by atoms with Crippen LogP contribution >= 0.6 is 22.9 Å². The highest BCUT2D eigenvalue weighted by molar-refractivity contribution is 7.16. The summed E-state index contributed by atoms with van der Waals surface area (Å²) in [6.07, 6.45) is -0.690. The molecule has 0 fully saturated rings. The quantitative estimate of drug-likeness (QED) is 0.914. The second kappa shape index (κ2) is 5.69. The van der Waals surface area contributed by atoms with Gasteiger partial charge in [0.05, 0.1) is 10.4 Å². The van der Waals surface area contributed by atoms with E-state index in [0.717, 1.165) is 4.88 Å². The average molecular weight is 287 g/mol. The van der Waals surface area contributed by atoms with E-state index in [1.165, 1.54) is 23.5 Å². The van der Waals surface area contributed by atoms with Crippen LogP contribution in [0.25, 0.3) is 0 Å². The van der Waals surface area contributed by atoms with Gasteiger partial charge in [0, 0.05) is 4.88 Å². The number of benzene rings is 1. The highest BCUT2D eigenvalue weighted by atomic mass is 35.5.